The van der Waals surface area contributed by atoms with Crippen molar-refractivity contribution in [2.45, 2.75) is 18.8 Å². The molecule has 7 nitrogen and oxygen atoms in total. The molecule has 1 saturated carbocycles. The predicted octanol–water partition coefficient (Wildman–Crippen LogP) is 2.63. The van der Waals surface area contributed by atoms with E-state index in [0.29, 0.717) is 34.5 Å². The van der Waals surface area contributed by atoms with Gasteiger partial charge in [0, 0.05) is 29.4 Å². The minimum atomic E-state index is -0.312. The molecule has 1 N–H and O–H groups in total. The second-order valence-corrected chi connectivity index (χ2v) is 5.47. The van der Waals surface area contributed by atoms with E-state index in [0.717, 1.165) is 18.5 Å². The number of nitrogens with zero attached hydrogens (tertiary/aromatic N) is 2. The number of carbonyl (C=O) groups is 1. The maximum Gasteiger partial charge on any atom is 0.274 e. The minimum absolute atomic E-state index is 0.312. The number of hydrogen-bond donors (Lipinski definition) is 1. The molecule has 0 radical (unpaired) electrons. The van der Waals surface area contributed by atoms with Gasteiger partial charge in [0.2, 0.25) is 5.75 Å². The van der Waals surface area contributed by atoms with E-state index >= 15 is 0 Å². The van der Waals surface area contributed by atoms with Crippen LogP contribution in [0.5, 0.6) is 17.2 Å². The van der Waals surface area contributed by atoms with Crippen molar-refractivity contribution in [2.24, 2.45) is 0 Å². The summed E-state index contributed by atoms with van der Waals surface area (Å²) < 4.78 is 15.8. The third kappa shape index (κ3) is 3.24. The molecule has 1 aromatic carbocycles. The van der Waals surface area contributed by atoms with Crippen molar-refractivity contribution in [2.75, 3.05) is 26.6 Å². The molecule has 2 aromatic rings. The summed E-state index contributed by atoms with van der Waals surface area (Å²) in [5.74, 6) is 1.55. The number of anilines is 1. The molecule has 1 aliphatic rings. The zero-order valence-electron chi connectivity index (χ0n) is 13.8. The largest absolute Gasteiger partial charge is 0.493 e. The van der Waals surface area contributed by atoms with Crippen molar-refractivity contribution in [3.05, 3.63) is 35.9 Å². The van der Waals surface area contributed by atoms with Crippen LogP contribution in [0.15, 0.2) is 24.5 Å². The van der Waals surface area contributed by atoms with Gasteiger partial charge in [0.15, 0.2) is 11.5 Å². The van der Waals surface area contributed by atoms with Gasteiger partial charge >= 0.3 is 0 Å². The summed E-state index contributed by atoms with van der Waals surface area (Å²) in [6.07, 6.45) is 3.66. The molecule has 0 aliphatic heterocycles. The minimum Gasteiger partial charge on any atom is -0.493 e. The lowest BCUT2D eigenvalue weighted by Gasteiger charge is -2.14. The van der Waals surface area contributed by atoms with Crippen molar-refractivity contribution < 1.29 is 19.0 Å². The Balaban J connectivity index is 1.84. The molecule has 0 spiro atoms. The van der Waals surface area contributed by atoms with Gasteiger partial charge in [0.05, 0.1) is 21.3 Å². The highest BCUT2D eigenvalue weighted by Crippen LogP contribution is 2.40. The van der Waals surface area contributed by atoms with E-state index in [1.54, 1.807) is 18.2 Å². The van der Waals surface area contributed by atoms with Gasteiger partial charge in [-0.3, -0.25) is 4.79 Å². The van der Waals surface area contributed by atoms with Crippen LogP contribution in [0.4, 0.5) is 5.69 Å². The van der Waals surface area contributed by atoms with Crippen molar-refractivity contribution >= 4 is 11.6 Å². The molecule has 3 rings (SSSR count). The van der Waals surface area contributed by atoms with Gasteiger partial charge in [-0.2, -0.15) is 0 Å². The Bertz CT molecular complexity index is 734. The molecule has 1 amide bonds. The fourth-order valence-corrected chi connectivity index (χ4v) is 2.45. The Labute approximate surface area is 140 Å². The summed E-state index contributed by atoms with van der Waals surface area (Å²) in [6.45, 7) is 0. The molecular formula is C17H19N3O4. The van der Waals surface area contributed by atoms with Crippen molar-refractivity contribution in [3.8, 4) is 17.2 Å². The van der Waals surface area contributed by atoms with Crippen LogP contribution in [0.1, 0.15) is 34.9 Å². The Morgan fingerprint density at radius 2 is 1.71 bits per heavy atom. The number of amides is 1. The van der Waals surface area contributed by atoms with Gasteiger partial charge in [-0.25, -0.2) is 9.97 Å². The molecule has 0 saturated heterocycles. The first-order chi connectivity index (χ1) is 11.7. The average molecular weight is 329 g/mol. The third-order valence-corrected chi connectivity index (χ3v) is 3.84. The highest BCUT2D eigenvalue weighted by molar-refractivity contribution is 6.03. The van der Waals surface area contributed by atoms with Gasteiger partial charge in [-0.15, -0.1) is 0 Å². The van der Waals surface area contributed by atoms with Crippen LogP contribution in [0.3, 0.4) is 0 Å². The Hall–Kier alpha value is -2.83. The maximum absolute atomic E-state index is 12.4. The predicted molar refractivity (Wildman–Crippen MR) is 88.1 cm³/mol. The second-order valence-electron chi connectivity index (χ2n) is 5.47. The number of ether oxygens (including phenoxy) is 3. The van der Waals surface area contributed by atoms with Crippen LogP contribution >= 0.6 is 0 Å². The summed E-state index contributed by atoms with van der Waals surface area (Å²) in [6, 6.07) is 5.08. The van der Waals surface area contributed by atoms with Crippen LogP contribution in [-0.4, -0.2) is 37.2 Å². The van der Waals surface area contributed by atoms with Crippen LogP contribution in [0, 0.1) is 0 Å². The summed E-state index contributed by atoms with van der Waals surface area (Å²) >= 11 is 0. The SMILES string of the molecule is COc1cc(NC(=O)c2cc(C3CC3)ncn2)cc(OC)c1OC. The Kier molecular flexibility index (Phi) is 4.50. The Morgan fingerprint density at radius 1 is 1.04 bits per heavy atom. The first kappa shape index (κ1) is 16.0. The van der Waals surface area contributed by atoms with Crippen molar-refractivity contribution in [1.29, 1.82) is 0 Å². The number of hydrogen-bond acceptors (Lipinski definition) is 6. The van der Waals surface area contributed by atoms with E-state index in [-0.39, 0.29) is 5.91 Å². The lowest BCUT2D eigenvalue weighted by molar-refractivity contribution is 0.102. The Morgan fingerprint density at radius 3 is 2.25 bits per heavy atom. The van der Waals surface area contributed by atoms with E-state index < -0.39 is 0 Å². The van der Waals surface area contributed by atoms with Gasteiger partial charge in [0.1, 0.15) is 12.0 Å². The number of nitrogens with one attached hydrogen (secondary N) is 1. The van der Waals surface area contributed by atoms with E-state index in [2.05, 4.69) is 15.3 Å². The molecule has 7 heteroatoms. The van der Waals surface area contributed by atoms with Crippen molar-refractivity contribution in [1.82, 2.24) is 9.97 Å². The lowest BCUT2D eigenvalue weighted by atomic mass is 10.2. The van der Waals surface area contributed by atoms with Crippen molar-refractivity contribution in [3.63, 3.8) is 0 Å². The van der Waals surface area contributed by atoms with Crippen LogP contribution in [0.2, 0.25) is 0 Å². The zero-order chi connectivity index (χ0) is 17.1. The molecule has 1 aliphatic carbocycles. The fraction of sp³-hybridized carbons (Fsp3) is 0.353. The van der Waals surface area contributed by atoms with Gasteiger partial charge in [-0.1, -0.05) is 0 Å². The second kappa shape index (κ2) is 6.74. The number of aromatic nitrogens is 2. The molecule has 0 unspecified atom stereocenters. The quantitative estimate of drug-likeness (QED) is 0.877. The van der Waals surface area contributed by atoms with Crippen LogP contribution < -0.4 is 19.5 Å². The number of benzene rings is 1. The smallest absolute Gasteiger partial charge is 0.274 e. The van der Waals surface area contributed by atoms with Crippen LogP contribution in [-0.2, 0) is 0 Å². The highest BCUT2D eigenvalue weighted by Gasteiger charge is 2.26. The monoisotopic (exact) mass is 329 g/mol. The summed E-state index contributed by atoms with van der Waals surface area (Å²) in [5, 5.41) is 2.80. The molecule has 1 aromatic heterocycles. The molecule has 1 heterocycles. The van der Waals surface area contributed by atoms with E-state index in [4.69, 9.17) is 14.2 Å². The third-order valence-electron chi connectivity index (χ3n) is 3.84. The zero-order valence-corrected chi connectivity index (χ0v) is 13.8. The van der Waals surface area contributed by atoms with E-state index in [1.807, 2.05) is 0 Å². The maximum atomic E-state index is 12.4. The van der Waals surface area contributed by atoms with Gasteiger partial charge in [0.25, 0.3) is 5.91 Å². The summed E-state index contributed by atoms with van der Waals surface area (Å²) in [4.78, 5) is 20.7. The molecule has 0 bridgehead atoms. The topological polar surface area (TPSA) is 82.6 Å². The number of rotatable bonds is 6. The number of carbonyl (C=O) groups excluding carboxylic acids is 1. The standard InChI is InChI=1S/C17H19N3O4/c1-22-14-6-11(7-15(23-2)16(14)24-3)20-17(21)13-8-12(10-4-5-10)18-9-19-13/h6-10H,4-5H2,1-3H3,(H,20,21). The van der Waals surface area contributed by atoms with Gasteiger partial charge < -0.3 is 19.5 Å². The molecule has 0 atom stereocenters. The summed E-state index contributed by atoms with van der Waals surface area (Å²) in [5.41, 5.74) is 1.78. The first-order valence-corrected chi connectivity index (χ1v) is 7.59. The lowest BCUT2D eigenvalue weighted by Crippen LogP contribution is -2.14. The molecule has 24 heavy (non-hydrogen) atoms. The normalized spacial score (nSPS) is 13.3. The molecular weight excluding hydrogens is 310 g/mol. The molecule has 1 fully saturated rings. The number of methoxy groups -OCH3 is 3. The average Bonchev–Trinajstić information content (AvgIpc) is 3.46. The highest BCUT2D eigenvalue weighted by atomic mass is 16.5. The fourth-order valence-electron chi connectivity index (χ4n) is 2.45. The van der Waals surface area contributed by atoms with Gasteiger partial charge in [-0.05, 0) is 18.9 Å². The first-order valence-electron chi connectivity index (χ1n) is 7.59. The summed E-state index contributed by atoms with van der Waals surface area (Å²) in [7, 11) is 4.57. The molecule has 126 valence electrons. The van der Waals surface area contributed by atoms with Crippen LogP contribution in [0.25, 0.3) is 0 Å². The van der Waals surface area contributed by atoms with E-state index in [1.165, 1.54) is 27.7 Å². The van der Waals surface area contributed by atoms with E-state index in [9.17, 15) is 4.79 Å².